The maximum Gasteiger partial charge on any atom is 0.253 e. The highest BCUT2D eigenvalue weighted by Gasteiger charge is 2.27. The van der Waals surface area contributed by atoms with Crippen LogP contribution in [0.4, 0.5) is 0 Å². The Morgan fingerprint density at radius 3 is 2.96 bits per heavy atom. The molecule has 134 valence electrons. The molecule has 1 aromatic carbocycles. The lowest BCUT2D eigenvalue weighted by Gasteiger charge is -2.32. The van der Waals surface area contributed by atoms with E-state index in [1.54, 1.807) is 13.3 Å². The molecular formula is C20H22N4O2. The molecule has 1 atom stereocenters. The van der Waals surface area contributed by atoms with E-state index in [9.17, 15) is 4.79 Å². The third kappa shape index (κ3) is 3.20. The summed E-state index contributed by atoms with van der Waals surface area (Å²) in [5.41, 5.74) is 3.61. The fourth-order valence-corrected chi connectivity index (χ4v) is 3.67. The first-order chi connectivity index (χ1) is 12.8. The fraction of sp³-hybridized carbons (Fsp3) is 0.350. The highest BCUT2D eigenvalue weighted by Crippen LogP contribution is 2.30. The Morgan fingerprint density at radius 2 is 2.15 bits per heavy atom. The number of methoxy groups -OCH3 is 1. The molecule has 0 unspecified atom stereocenters. The second-order valence-electron chi connectivity index (χ2n) is 6.73. The van der Waals surface area contributed by atoms with Gasteiger partial charge in [0.25, 0.3) is 5.91 Å². The summed E-state index contributed by atoms with van der Waals surface area (Å²) in [6, 6.07) is 11.6. The Hall–Kier alpha value is -2.73. The summed E-state index contributed by atoms with van der Waals surface area (Å²) in [6.07, 6.45) is 3.78. The highest BCUT2D eigenvalue weighted by atomic mass is 16.5. The van der Waals surface area contributed by atoms with Gasteiger partial charge < -0.3 is 9.64 Å². The van der Waals surface area contributed by atoms with E-state index in [4.69, 9.17) is 4.74 Å². The van der Waals surface area contributed by atoms with Crippen LogP contribution in [-0.2, 0) is 11.3 Å². The zero-order valence-corrected chi connectivity index (χ0v) is 14.8. The number of piperidine rings is 1. The standard InChI is InChI=1S/C20H22N4O2/c1-26-13-14-6-8-15(9-7-14)20(25)24-11-3-4-16(12-24)18-17-5-2-10-21-19(17)23-22-18/h2,5-10,16H,3-4,11-13H2,1H3,(H,21,22,23)/t16-/m1/s1. The molecule has 0 spiro atoms. The molecule has 1 fully saturated rings. The largest absolute Gasteiger partial charge is 0.380 e. The average molecular weight is 350 g/mol. The van der Waals surface area contributed by atoms with Crippen LogP contribution in [0.2, 0.25) is 0 Å². The average Bonchev–Trinajstić information content (AvgIpc) is 3.13. The van der Waals surface area contributed by atoms with Crippen molar-refractivity contribution in [1.82, 2.24) is 20.1 Å². The number of hydrogen-bond acceptors (Lipinski definition) is 4. The molecule has 3 aromatic rings. The van der Waals surface area contributed by atoms with Crippen LogP contribution < -0.4 is 0 Å². The monoisotopic (exact) mass is 350 g/mol. The number of amides is 1. The number of carbonyl (C=O) groups excluding carboxylic acids is 1. The highest BCUT2D eigenvalue weighted by molar-refractivity contribution is 5.94. The number of fused-ring (bicyclic) bond motifs is 1. The van der Waals surface area contributed by atoms with Gasteiger partial charge >= 0.3 is 0 Å². The van der Waals surface area contributed by atoms with Crippen molar-refractivity contribution >= 4 is 16.9 Å². The van der Waals surface area contributed by atoms with Gasteiger partial charge in [-0.05, 0) is 42.7 Å². The molecule has 26 heavy (non-hydrogen) atoms. The smallest absolute Gasteiger partial charge is 0.253 e. The van der Waals surface area contributed by atoms with Crippen molar-refractivity contribution in [2.24, 2.45) is 0 Å². The number of carbonyl (C=O) groups is 1. The molecule has 0 bridgehead atoms. The summed E-state index contributed by atoms with van der Waals surface area (Å²) < 4.78 is 5.13. The van der Waals surface area contributed by atoms with Crippen molar-refractivity contribution in [2.75, 3.05) is 20.2 Å². The number of likely N-dealkylation sites (tertiary alicyclic amines) is 1. The Kier molecular flexibility index (Phi) is 4.67. The Bertz CT molecular complexity index is 904. The van der Waals surface area contributed by atoms with Gasteiger partial charge in [0.2, 0.25) is 0 Å². The number of H-pyrrole nitrogens is 1. The van der Waals surface area contributed by atoms with Crippen molar-refractivity contribution in [3.05, 3.63) is 59.4 Å². The number of ether oxygens (including phenoxy) is 1. The summed E-state index contributed by atoms with van der Waals surface area (Å²) in [6.45, 7) is 2.05. The predicted molar refractivity (Wildman–Crippen MR) is 98.9 cm³/mol. The zero-order valence-electron chi connectivity index (χ0n) is 14.8. The van der Waals surface area contributed by atoms with Crippen molar-refractivity contribution < 1.29 is 9.53 Å². The first kappa shape index (κ1) is 16.7. The van der Waals surface area contributed by atoms with Crippen LogP contribution >= 0.6 is 0 Å². The molecule has 0 aliphatic carbocycles. The van der Waals surface area contributed by atoms with E-state index in [0.29, 0.717) is 13.2 Å². The van der Waals surface area contributed by atoms with Gasteiger partial charge in [0.15, 0.2) is 5.65 Å². The minimum Gasteiger partial charge on any atom is -0.380 e. The molecule has 1 amide bonds. The van der Waals surface area contributed by atoms with Crippen molar-refractivity contribution in [1.29, 1.82) is 0 Å². The summed E-state index contributed by atoms with van der Waals surface area (Å²) in [4.78, 5) is 19.1. The normalized spacial score (nSPS) is 17.6. The Labute approximate surface area is 152 Å². The van der Waals surface area contributed by atoms with E-state index in [2.05, 4.69) is 15.2 Å². The van der Waals surface area contributed by atoms with Gasteiger partial charge in [0.05, 0.1) is 6.61 Å². The lowest BCUT2D eigenvalue weighted by molar-refractivity contribution is 0.0706. The van der Waals surface area contributed by atoms with Gasteiger partial charge in [0.1, 0.15) is 0 Å². The number of aromatic amines is 1. The molecule has 6 nitrogen and oxygen atoms in total. The Morgan fingerprint density at radius 1 is 1.31 bits per heavy atom. The molecule has 0 radical (unpaired) electrons. The molecule has 4 rings (SSSR count). The second-order valence-corrected chi connectivity index (χ2v) is 6.73. The molecule has 1 N–H and O–H groups in total. The number of aromatic nitrogens is 3. The van der Waals surface area contributed by atoms with Crippen LogP contribution in [0.5, 0.6) is 0 Å². The van der Waals surface area contributed by atoms with Crippen LogP contribution in [0.3, 0.4) is 0 Å². The van der Waals surface area contributed by atoms with E-state index in [1.807, 2.05) is 41.3 Å². The SMILES string of the molecule is COCc1ccc(C(=O)N2CCC[C@@H](c3[nH]nc4ncccc34)C2)cc1. The Balaban J connectivity index is 1.52. The van der Waals surface area contributed by atoms with E-state index in [1.165, 1.54) is 0 Å². The number of pyridine rings is 1. The molecule has 0 saturated carbocycles. The summed E-state index contributed by atoms with van der Waals surface area (Å²) in [5.74, 6) is 0.343. The molecule has 2 aromatic heterocycles. The number of nitrogens with zero attached hydrogens (tertiary/aromatic N) is 3. The minimum absolute atomic E-state index is 0.0839. The van der Waals surface area contributed by atoms with Crippen molar-refractivity contribution in [3.63, 3.8) is 0 Å². The third-order valence-electron chi connectivity index (χ3n) is 4.99. The summed E-state index contributed by atoms with van der Waals surface area (Å²) in [7, 11) is 1.67. The second kappa shape index (κ2) is 7.25. The van der Waals surface area contributed by atoms with Crippen LogP contribution in [0, 0.1) is 0 Å². The topological polar surface area (TPSA) is 71.1 Å². The molecule has 3 heterocycles. The van der Waals surface area contributed by atoms with Gasteiger partial charge in [-0.1, -0.05) is 12.1 Å². The number of hydrogen-bond donors (Lipinski definition) is 1. The van der Waals surface area contributed by atoms with E-state index in [0.717, 1.165) is 47.2 Å². The summed E-state index contributed by atoms with van der Waals surface area (Å²) >= 11 is 0. The lowest BCUT2D eigenvalue weighted by Crippen LogP contribution is -2.39. The van der Waals surface area contributed by atoms with Crippen molar-refractivity contribution in [3.8, 4) is 0 Å². The number of benzene rings is 1. The van der Waals surface area contributed by atoms with Crippen LogP contribution in [0.1, 0.15) is 40.4 Å². The van der Waals surface area contributed by atoms with Gasteiger partial charge in [-0.15, -0.1) is 0 Å². The minimum atomic E-state index is 0.0839. The quantitative estimate of drug-likeness (QED) is 0.785. The number of nitrogens with one attached hydrogen (secondary N) is 1. The summed E-state index contributed by atoms with van der Waals surface area (Å²) in [5, 5.41) is 8.49. The molecular weight excluding hydrogens is 328 g/mol. The van der Waals surface area contributed by atoms with E-state index < -0.39 is 0 Å². The van der Waals surface area contributed by atoms with Crippen molar-refractivity contribution in [2.45, 2.75) is 25.4 Å². The maximum atomic E-state index is 12.9. The zero-order chi connectivity index (χ0) is 17.9. The van der Waals surface area contributed by atoms with Crippen LogP contribution in [-0.4, -0.2) is 46.2 Å². The van der Waals surface area contributed by atoms with E-state index in [-0.39, 0.29) is 11.8 Å². The third-order valence-corrected chi connectivity index (χ3v) is 4.99. The van der Waals surface area contributed by atoms with Gasteiger partial charge in [0, 0.05) is 49.0 Å². The van der Waals surface area contributed by atoms with Crippen LogP contribution in [0.15, 0.2) is 42.6 Å². The molecule has 1 aliphatic rings. The molecule has 1 saturated heterocycles. The number of rotatable bonds is 4. The van der Waals surface area contributed by atoms with Gasteiger partial charge in [-0.3, -0.25) is 9.89 Å². The molecule has 6 heteroatoms. The predicted octanol–water partition coefficient (Wildman–Crippen LogP) is 3.12. The first-order valence-corrected chi connectivity index (χ1v) is 8.92. The van der Waals surface area contributed by atoms with Crippen LogP contribution in [0.25, 0.3) is 11.0 Å². The first-order valence-electron chi connectivity index (χ1n) is 8.92. The van der Waals surface area contributed by atoms with Gasteiger partial charge in [-0.2, -0.15) is 5.10 Å². The lowest BCUT2D eigenvalue weighted by atomic mass is 9.92. The molecule has 1 aliphatic heterocycles. The van der Waals surface area contributed by atoms with E-state index >= 15 is 0 Å². The maximum absolute atomic E-state index is 12.9. The fourth-order valence-electron chi connectivity index (χ4n) is 3.67. The van der Waals surface area contributed by atoms with Gasteiger partial charge in [-0.25, -0.2) is 4.98 Å².